The fourth-order valence-corrected chi connectivity index (χ4v) is 3.19. The van der Waals surface area contributed by atoms with E-state index in [1.807, 2.05) is 29.6 Å². The van der Waals surface area contributed by atoms with E-state index >= 15 is 0 Å². The number of nitrogens with zero attached hydrogens (tertiary/aromatic N) is 2. The van der Waals surface area contributed by atoms with E-state index in [1.54, 1.807) is 0 Å². The van der Waals surface area contributed by atoms with E-state index in [0.29, 0.717) is 17.4 Å². The third kappa shape index (κ3) is 5.85. The zero-order chi connectivity index (χ0) is 21.5. The van der Waals surface area contributed by atoms with Gasteiger partial charge in [0.1, 0.15) is 5.75 Å². The third-order valence-electron chi connectivity index (χ3n) is 3.96. The van der Waals surface area contributed by atoms with Gasteiger partial charge in [0.2, 0.25) is 5.91 Å². The number of benzene rings is 2. The molecule has 2 amide bonds. The number of hydrogen-bond donors (Lipinski definition) is 2. The van der Waals surface area contributed by atoms with Gasteiger partial charge in [0.15, 0.2) is 11.7 Å². The third-order valence-corrected chi connectivity index (χ3v) is 4.72. The zero-order valence-electron chi connectivity index (χ0n) is 16.0. The zero-order valence-corrected chi connectivity index (χ0v) is 16.8. The molecule has 30 heavy (non-hydrogen) atoms. The first-order chi connectivity index (χ1) is 14.4. The standard InChI is InChI=1S/C20H18N4O5S/c1-13(25)21-10-14-2-4-15(5-3-14)18-12-30-20(22-18)23-19(26)11-29-17-8-6-16(7-9-17)24(27)28/h2-9,12H,10-11H2,1H3,(H,21,25)(H,22,23,26). The minimum Gasteiger partial charge on any atom is -0.484 e. The maximum absolute atomic E-state index is 12.1. The molecule has 1 aromatic heterocycles. The van der Waals surface area contributed by atoms with Crippen LogP contribution in [0.3, 0.4) is 0 Å². The first kappa shape index (κ1) is 20.9. The molecule has 1 heterocycles. The van der Waals surface area contributed by atoms with Gasteiger partial charge in [-0.25, -0.2) is 4.98 Å². The average molecular weight is 426 g/mol. The summed E-state index contributed by atoms with van der Waals surface area (Å²) in [5.74, 6) is -0.119. The summed E-state index contributed by atoms with van der Waals surface area (Å²) in [6, 6.07) is 13.1. The number of nitro groups is 1. The SMILES string of the molecule is CC(=O)NCc1ccc(-c2csc(NC(=O)COc3ccc([N+](=O)[O-])cc3)n2)cc1. The van der Waals surface area contributed by atoms with Gasteiger partial charge in [0.05, 0.1) is 10.6 Å². The molecule has 0 fully saturated rings. The van der Waals surface area contributed by atoms with Crippen LogP contribution in [0.2, 0.25) is 0 Å². The number of carbonyl (C=O) groups excluding carboxylic acids is 2. The molecule has 0 bridgehead atoms. The summed E-state index contributed by atoms with van der Waals surface area (Å²) in [6.45, 7) is 1.68. The van der Waals surface area contributed by atoms with Crippen molar-refractivity contribution < 1.29 is 19.2 Å². The molecule has 154 valence electrons. The highest BCUT2D eigenvalue weighted by Crippen LogP contribution is 2.25. The van der Waals surface area contributed by atoms with Gasteiger partial charge in [-0.1, -0.05) is 24.3 Å². The molecule has 3 rings (SSSR count). The van der Waals surface area contributed by atoms with Crippen LogP contribution in [0.4, 0.5) is 10.8 Å². The first-order valence-corrected chi connectivity index (χ1v) is 9.75. The van der Waals surface area contributed by atoms with Crippen molar-refractivity contribution in [3.63, 3.8) is 0 Å². The van der Waals surface area contributed by atoms with Crippen LogP contribution < -0.4 is 15.4 Å². The van der Waals surface area contributed by atoms with Crippen LogP contribution in [0, 0.1) is 10.1 Å². The van der Waals surface area contributed by atoms with Crippen LogP contribution in [0.25, 0.3) is 11.3 Å². The number of anilines is 1. The molecule has 2 N–H and O–H groups in total. The molecule has 0 saturated heterocycles. The number of carbonyl (C=O) groups is 2. The largest absolute Gasteiger partial charge is 0.484 e. The van der Waals surface area contributed by atoms with Gasteiger partial charge in [0.25, 0.3) is 11.6 Å². The molecule has 9 nitrogen and oxygen atoms in total. The van der Waals surface area contributed by atoms with Crippen LogP contribution in [0.1, 0.15) is 12.5 Å². The number of non-ortho nitro benzene ring substituents is 1. The average Bonchev–Trinajstić information content (AvgIpc) is 3.19. The highest BCUT2D eigenvalue weighted by atomic mass is 32.1. The summed E-state index contributed by atoms with van der Waals surface area (Å²) in [5.41, 5.74) is 2.53. The van der Waals surface area contributed by atoms with E-state index in [-0.39, 0.29) is 24.1 Å². The van der Waals surface area contributed by atoms with Crippen molar-refractivity contribution in [2.24, 2.45) is 0 Å². The predicted octanol–water partition coefficient (Wildman–Crippen LogP) is 3.37. The molecule has 0 atom stereocenters. The molecule has 2 aromatic carbocycles. The summed E-state index contributed by atoms with van der Waals surface area (Å²) < 4.78 is 5.33. The van der Waals surface area contributed by atoms with Crippen LogP contribution >= 0.6 is 11.3 Å². The lowest BCUT2D eigenvalue weighted by molar-refractivity contribution is -0.384. The van der Waals surface area contributed by atoms with Crippen LogP contribution in [-0.2, 0) is 16.1 Å². The molecular formula is C20H18N4O5S. The van der Waals surface area contributed by atoms with Crippen molar-refractivity contribution >= 4 is 34.0 Å². The molecule has 0 saturated carbocycles. The number of hydrogen-bond acceptors (Lipinski definition) is 7. The van der Waals surface area contributed by atoms with E-state index in [1.165, 1.54) is 42.5 Å². The topological polar surface area (TPSA) is 123 Å². The lowest BCUT2D eigenvalue weighted by atomic mass is 10.1. The smallest absolute Gasteiger partial charge is 0.269 e. The minimum atomic E-state index is -0.507. The normalized spacial score (nSPS) is 10.3. The second-order valence-electron chi connectivity index (χ2n) is 6.23. The fourth-order valence-electron chi connectivity index (χ4n) is 2.45. The Morgan fingerprint density at radius 1 is 1.13 bits per heavy atom. The highest BCUT2D eigenvalue weighted by molar-refractivity contribution is 7.14. The molecular weight excluding hydrogens is 408 g/mol. The van der Waals surface area contributed by atoms with Gasteiger partial charge in [0, 0.05) is 36.5 Å². The summed E-state index contributed by atoms with van der Waals surface area (Å²) in [4.78, 5) is 37.6. The Kier molecular flexibility index (Phi) is 6.71. The van der Waals surface area contributed by atoms with Gasteiger partial charge < -0.3 is 10.1 Å². The molecule has 0 aliphatic carbocycles. The van der Waals surface area contributed by atoms with Gasteiger partial charge in [-0.15, -0.1) is 11.3 Å². The van der Waals surface area contributed by atoms with Crippen molar-refractivity contribution in [1.29, 1.82) is 0 Å². The minimum absolute atomic E-state index is 0.0507. The number of amides is 2. The Morgan fingerprint density at radius 3 is 2.47 bits per heavy atom. The molecule has 0 aliphatic rings. The highest BCUT2D eigenvalue weighted by Gasteiger charge is 2.10. The van der Waals surface area contributed by atoms with E-state index in [4.69, 9.17) is 4.74 Å². The molecule has 10 heteroatoms. The van der Waals surface area contributed by atoms with Crippen molar-refractivity contribution in [2.75, 3.05) is 11.9 Å². The van der Waals surface area contributed by atoms with Gasteiger partial charge in [-0.05, 0) is 17.7 Å². The summed E-state index contributed by atoms with van der Waals surface area (Å²) in [7, 11) is 0. The number of nitro benzene ring substituents is 1. The van der Waals surface area contributed by atoms with E-state index in [9.17, 15) is 19.7 Å². The van der Waals surface area contributed by atoms with Crippen LogP contribution in [-0.4, -0.2) is 28.3 Å². The maximum atomic E-state index is 12.1. The Hall–Kier alpha value is -3.79. The monoisotopic (exact) mass is 426 g/mol. The lowest BCUT2D eigenvalue weighted by Gasteiger charge is -2.05. The van der Waals surface area contributed by atoms with Gasteiger partial charge >= 0.3 is 0 Å². The predicted molar refractivity (Wildman–Crippen MR) is 112 cm³/mol. The van der Waals surface area contributed by atoms with Crippen LogP contribution in [0.15, 0.2) is 53.9 Å². The second kappa shape index (κ2) is 9.61. The Bertz CT molecular complexity index is 1050. The Labute approximate surface area is 175 Å². The Morgan fingerprint density at radius 2 is 1.83 bits per heavy atom. The molecule has 0 radical (unpaired) electrons. The van der Waals surface area contributed by atoms with Crippen LogP contribution in [0.5, 0.6) is 5.75 Å². The second-order valence-corrected chi connectivity index (χ2v) is 7.09. The molecule has 0 aliphatic heterocycles. The maximum Gasteiger partial charge on any atom is 0.269 e. The molecule has 3 aromatic rings. The summed E-state index contributed by atoms with van der Waals surface area (Å²) in [6.07, 6.45) is 0. The van der Waals surface area contributed by atoms with Crippen molar-refractivity contribution in [3.05, 3.63) is 69.6 Å². The van der Waals surface area contributed by atoms with Gasteiger partial charge in [-0.3, -0.25) is 25.0 Å². The number of ether oxygens (including phenoxy) is 1. The first-order valence-electron chi connectivity index (χ1n) is 8.87. The molecule has 0 spiro atoms. The lowest BCUT2D eigenvalue weighted by Crippen LogP contribution is -2.20. The quantitative estimate of drug-likeness (QED) is 0.420. The number of rotatable bonds is 8. The summed E-state index contributed by atoms with van der Waals surface area (Å²) in [5, 5.41) is 18.3. The van der Waals surface area contributed by atoms with Gasteiger partial charge in [-0.2, -0.15) is 0 Å². The van der Waals surface area contributed by atoms with Crippen molar-refractivity contribution in [2.45, 2.75) is 13.5 Å². The number of thiazole rings is 1. The number of nitrogens with one attached hydrogen (secondary N) is 2. The Balaban J connectivity index is 1.52. The van der Waals surface area contributed by atoms with Crippen molar-refractivity contribution in [3.8, 4) is 17.0 Å². The van der Waals surface area contributed by atoms with E-state index in [2.05, 4.69) is 15.6 Å². The van der Waals surface area contributed by atoms with Crippen molar-refractivity contribution in [1.82, 2.24) is 10.3 Å². The van der Waals surface area contributed by atoms with E-state index < -0.39 is 4.92 Å². The number of aromatic nitrogens is 1. The molecule has 0 unspecified atom stereocenters. The van der Waals surface area contributed by atoms with E-state index in [0.717, 1.165) is 16.8 Å². The fraction of sp³-hybridized carbons (Fsp3) is 0.150. The summed E-state index contributed by atoms with van der Waals surface area (Å²) >= 11 is 1.29.